The van der Waals surface area contributed by atoms with Crippen LogP contribution >= 0.6 is 0 Å². The van der Waals surface area contributed by atoms with E-state index in [1.807, 2.05) is 0 Å². The summed E-state index contributed by atoms with van der Waals surface area (Å²) in [6, 6.07) is 0.425. The first-order chi connectivity index (χ1) is 7.47. The predicted molar refractivity (Wildman–Crippen MR) is 62.6 cm³/mol. The molecule has 2 atom stereocenters. The third-order valence-corrected chi connectivity index (χ3v) is 3.19. The molecule has 2 nitrogen and oxygen atoms in total. The van der Waals surface area contributed by atoms with Gasteiger partial charge in [-0.05, 0) is 19.3 Å². The maximum Gasteiger partial charge on any atom is 0.0975 e. The molecule has 2 aliphatic rings. The van der Waals surface area contributed by atoms with Gasteiger partial charge in [0.1, 0.15) is 0 Å². The van der Waals surface area contributed by atoms with Crippen LogP contribution in [0.1, 0.15) is 38.5 Å². The van der Waals surface area contributed by atoms with Crippen LogP contribution in [0, 0.1) is 0 Å². The van der Waals surface area contributed by atoms with Gasteiger partial charge < -0.3 is 4.74 Å². The van der Waals surface area contributed by atoms with E-state index in [0.29, 0.717) is 18.9 Å². The molecule has 0 bridgehead atoms. The van der Waals surface area contributed by atoms with Gasteiger partial charge in [-0.25, -0.2) is 0 Å². The molecule has 1 saturated heterocycles. The minimum atomic E-state index is 0.397. The number of hydrogen-bond donors (Lipinski definition) is 1. The van der Waals surface area contributed by atoms with Crippen LogP contribution in [0.25, 0.3) is 0 Å². The highest BCUT2D eigenvalue weighted by atomic mass is 16.5. The molecule has 2 unspecified atom stereocenters. The Morgan fingerprint density at radius 1 is 1.07 bits per heavy atom. The molecule has 0 radical (unpaired) electrons. The van der Waals surface area contributed by atoms with Crippen molar-refractivity contribution in [2.24, 2.45) is 0 Å². The molecule has 15 heavy (non-hydrogen) atoms. The Morgan fingerprint density at radius 3 is 3.00 bits per heavy atom. The summed E-state index contributed by atoms with van der Waals surface area (Å²) in [6.07, 6.45) is 17.0. The summed E-state index contributed by atoms with van der Waals surface area (Å²) in [4.78, 5) is 0. The van der Waals surface area contributed by atoms with Crippen molar-refractivity contribution in [3.05, 3.63) is 24.3 Å². The number of rotatable bonds is 0. The molecule has 0 aromatic heterocycles. The van der Waals surface area contributed by atoms with Crippen LogP contribution in [0.5, 0.6) is 0 Å². The predicted octanol–water partition coefficient (Wildman–Crippen LogP) is 2.77. The van der Waals surface area contributed by atoms with Crippen molar-refractivity contribution < 1.29 is 4.74 Å². The van der Waals surface area contributed by atoms with E-state index < -0.39 is 0 Å². The van der Waals surface area contributed by atoms with E-state index in [1.165, 1.54) is 38.5 Å². The van der Waals surface area contributed by atoms with Gasteiger partial charge in [0.2, 0.25) is 0 Å². The van der Waals surface area contributed by atoms with Gasteiger partial charge in [-0.3, -0.25) is 5.32 Å². The van der Waals surface area contributed by atoms with Crippen molar-refractivity contribution >= 4 is 0 Å². The largest absolute Gasteiger partial charge is 0.361 e. The maximum atomic E-state index is 5.67. The average molecular weight is 207 g/mol. The van der Waals surface area contributed by atoms with Crippen LogP contribution in [0.4, 0.5) is 0 Å². The van der Waals surface area contributed by atoms with Crippen molar-refractivity contribution in [1.82, 2.24) is 5.32 Å². The molecule has 0 saturated carbocycles. The summed E-state index contributed by atoms with van der Waals surface area (Å²) in [5, 5.41) is 3.37. The zero-order chi connectivity index (χ0) is 10.3. The highest BCUT2D eigenvalue weighted by Gasteiger charge is 2.24. The highest BCUT2D eigenvalue weighted by molar-refractivity contribution is 5.09. The fourth-order valence-electron chi connectivity index (χ4n) is 2.26. The average Bonchev–Trinajstić information content (AvgIpc) is 2.65. The molecule has 2 rings (SSSR count). The first-order valence-corrected chi connectivity index (χ1v) is 6.15. The minimum Gasteiger partial charge on any atom is -0.361 e. The number of nitrogens with one attached hydrogen (secondary N) is 1. The Balaban J connectivity index is 1.93. The van der Waals surface area contributed by atoms with Gasteiger partial charge in [0, 0.05) is 0 Å². The first-order valence-electron chi connectivity index (χ1n) is 6.15. The molecule has 0 aromatic rings. The van der Waals surface area contributed by atoms with Crippen LogP contribution in [0.15, 0.2) is 24.3 Å². The van der Waals surface area contributed by atoms with Gasteiger partial charge >= 0.3 is 0 Å². The van der Waals surface area contributed by atoms with E-state index in [-0.39, 0.29) is 0 Å². The van der Waals surface area contributed by atoms with Gasteiger partial charge in [-0.1, -0.05) is 43.6 Å². The van der Waals surface area contributed by atoms with E-state index in [9.17, 15) is 0 Å². The molecule has 0 aromatic carbocycles. The summed E-state index contributed by atoms with van der Waals surface area (Å²) in [7, 11) is 0. The van der Waals surface area contributed by atoms with Gasteiger partial charge in [0.25, 0.3) is 0 Å². The lowest BCUT2D eigenvalue weighted by Gasteiger charge is -2.14. The Bertz CT molecular complexity index is 235. The number of ether oxygens (including phenoxy) is 1. The smallest absolute Gasteiger partial charge is 0.0975 e. The van der Waals surface area contributed by atoms with Crippen LogP contribution in [-0.2, 0) is 4.74 Å². The lowest BCUT2D eigenvalue weighted by atomic mass is 10.0. The number of allylic oxidation sites excluding steroid dienone is 3. The maximum absolute atomic E-state index is 5.67. The second-order valence-electron chi connectivity index (χ2n) is 4.38. The third-order valence-electron chi connectivity index (χ3n) is 3.19. The third kappa shape index (κ3) is 3.47. The molecule has 1 heterocycles. The van der Waals surface area contributed by atoms with E-state index >= 15 is 0 Å². The fraction of sp³-hybridized carbons (Fsp3) is 0.692. The summed E-state index contributed by atoms with van der Waals surface area (Å²) in [6.45, 7) is 0.712. The van der Waals surface area contributed by atoms with Crippen molar-refractivity contribution in [3.8, 4) is 0 Å². The van der Waals surface area contributed by atoms with Crippen molar-refractivity contribution in [3.63, 3.8) is 0 Å². The van der Waals surface area contributed by atoms with Crippen molar-refractivity contribution in [2.75, 3.05) is 6.73 Å². The van der Waals surface area contributed by atoms with Gasteiger partial charge in [-0.15, -0.1) is 0 Å². The van der Waals surface area contributed by atoms with Gasteiger partial charge in [-0.2, -0.15) is 0 Å². The quantitative estimate of drug-likeness (QED) is 0.659. The summed E-state index contributed by atoms with van der Waals surface area (Å²) >= 11 is 0. The molecule has 1 N–H and O–H groups in total. The standard InChI is InChI=1S/C13H21NO/c1-2-4-6-8-10-13-12(14-11-15-13)9-7-5-3-1/h3,5,7,9,12-14H,1-2,4,6,8,10-11H2. The van der Waals surface area contributed by atoms with Crippen LogP contribution in [-0.4, -0.2) is 18.9 Å². The van der Waals surface area contributed by atoms with E-state index in [2.05, 4.69) is 29.6 Å². The lowest BCUT2D eigenvalue weighted by molar-refractivity contribution is 0.0980. The number of hydrogen-bond acceptors (Lipinski definition) is 2. The highest BCUT2D eigenvalue weighted by Crippen LogP contribution is 2.17. The zero-order valence-electron chi connectivity index (χ0n) is 9.32. The number of fused-ring (bicyclic) bond motifs is 1. The lowest BCUT2D eigenvalue weighted by Crippen LogP contribution is -2.28. The molecule has 0 amide bonds. The Hall–Kier alpha value is -0.600. The second kappa shape index (κ2) is 6.09. The van der Waals surface area contributed by atoms with E-state index in [0.717, 1.165) is 0 Å². The molecule has 0 spiro atoms. The monoisotopic (exact) mass is 207 g/mol. The van der Waals surface area contributed by atoms with E-state index in [1.54, 1.807) is 0 Å². The summed E-state index contributed by atoms with van der Waals surface area (Å²) < 4.78 is 5.67. The molecular weight excluding hydrogens is 186 g/mol. The minimum absolute atomic E-state index is 0.397. The zero-order valence-corrected chi connectivity index (χ0v) is 9.32. The normalized spacial score (nSPS) is 33.1. The Labute approximate surface area is 92.4 Å². The fourth-order valence-corrected chi connectivity index (χ4v) is 2.26. The van der Waals surface area contributed by atoms with Gasteiger partial charge in [0.15, 0.2) is 0 Å². The molecular formula is C13H21NO. The van der Waals surface area contributed by atoms with Crippen molar-refractivity contribution in [2.45, 2.75) is 50.7 Å². The topological polar surface area (TPSA) is 21.3 Å². The van der Waals surface area contributed by atoms with Gasteiger partial charge in [0.05, 0.1) is 18.9 Å². The summed E-state index contributed by atoms with van der Waals surface area (Å²) in [5.41, 5.74) is 0. The second-order valence-corrected chi connectivity index (χ2v) is 4.38. The Kier molecular flexibility index (Phi) is 4.42. The molecule has 2 heteroatoms. The molecule has 1 aliphatic carbocycles. The summed E-state index contributed by atoms with van der Waals surface area (Å²) in [5.74, 6) is 0. The SMILES string of the molecule is C1=CCCCCCCC2OCNC2C=C1. The Morgan fingerprint density at radius 2 is 2.00 bits per heavy atom. The van der Waals surface area contributed by atoms with Crippen LogP contribution in [0.3, 0.4) is 0 Å². The molecule has 84 valence electrons. The van der Waals surface area contributed by atoms with Crippen molar-refractivity contribution in [1.29, 1.82) is 0 Å². The molecule has 1 aliphatic heterocycles. The van der Waals surface area contributed by atoms with Crippen LogP contribution < -0.4 is 5.32 Å². The molecule has 1 fully saturated rings. The van der Waals surface area contributed by atoms with E-state index in [4.69, 9.17) is 4.74 Å². The van der Waals surface area contributed by atoms with Crippen LogP contribution in [0.2, 0.25) is 0 Å². The first kappa shape index (κ1) is 10.9.